The SMILES string of the molecule is CCCCCCc1ccsc1-c1nc(-c2cc([N+](=O)[O-])ccc2O)nc(-c2cc([N+](=O)[O-])ccc2O)n1. The number of aryl methyl sites for hydroxylation is 1. The number of aromatic nitrogens is 3. The summed E-state index contributed by atoms with van der Waals surface area (Å²) >= 11 is 1.40. The topological polar surface area (TPSA) is 165 Å². The molecule has 2 aromatic heterocycles. The first-order valence-corrected chi connectivity index (χ1v) is 12.4. The van der Waals surface area contributed by atoms with Crippen LogP contribution in [0.3, 0.4) is 0 Å². The van der Waals surface area contributed by atoms with Gasteiger partial charge < -0.3 is 10.2 Å². The van der Waals surface area contributed by atoms with E-state index in [1.165, 1.54) is 23.5 Å². The molecule has 4 aromatic rings. The molecule has 2 heterocycles. The van der Waals surface area contributed by atoms with Gasteiger partial charge in [0.15, 0.2) is 17.5 Å². The molecule has 190 valence electrons. The van der Waals surface area contributed by atoms with Crippen LogP contribution in [0.5, 0.6) is 11.5 Å². The number of nitrogens with zero attached hydrogens (tertiary/aromatic N) is 5. The summed E-state index contributed by atoms with van der Waals surface area (Å²) in [4.78, 5) is 35.6. The highest BCUT2D eigenvalue weighted by molar-refractivity contribution is 7.13. The summed E-state index contributed by atoms with van der Waals surface area (Å²) in [5, 5.41) is 45.6. The molecule has 0 bridgehead atoms. The van der Waals surface area contributed by atoms with Crippen LogP contribution in [0.4, 0.5) is 11.4 Å². The van der Waals surface area contributed by atoms with Crippen molar-refractivity contribution < 1.29 is 20.1 Å². The van der Waals surface area contributed by atoms with Gasteiger partial charge in [-0.05, 0) is 42.0 Å². The summed E-state index contributed by atoms with van der Waals surface area (Å²) in [6.45, 7) is 2.14. The van der Waals surface area contributed by atoms with Crippen molar-refractivity contribution >= 4 is 22.7 Å². The van der Waals surface area contributed by atoms with E-state index in [9.17, 15) is 30.4 Å². The molecule has 0 saturated heterocycles. The number of thiophene rings is 1. The summed E-state index contributed by atoms with van der Waals surface area (Å²) in [5.41, 5.74) is 0.440. The van der Waals surface area contributed by atoms with Gasteiger partial charge in [-0.1, -0.05) is 26.2 Å². The van der Waals surface area contributed by atoms with Crippen molar-refractivity contribution in [1.29, 1.82) is 0 Å². The minimum atomic E-state index is -0.605. The van der Waals surface area contributed by atoms with Crippen molar-refractivity contribution in [1.82, 2.24) is 15.0 Å². The van der Waals surface area contributed by atoms with Crippen LogP contribution in [0.25, 0.3) is 33.5 Å². The average molecular weight is 522 g/mol. The molecule has 2 aromatic carbocycles. The zero-order valence-electron chi connectivity index (χ0n) is 19.8. The van der Waals surface area contributed by atoms with Gasteiger partial charge in [-0.2, -0.15) is 0 Å². The Labute approximate surface area is 215 Å². The maximum Gasteiger partial charge on any atom is 0.270 e. The van der Waals surface area contributed by atoms with E-state index in [0.29, 0.717) is 0 Å². The third kappa shape index (κ3) is 5.70. The summed E-state index contributed by atoms with van der Waals surface area (Å²) in [6.07, 6.45) is 5.06. The van der Waals surface area contributed by atoms with Gasteiger partial charge in [0.05, 0.1) is 25.9 Å². The predicted molar refractivity (Wildman–Crippen MR) is 138 cm³/mol. The third-order valence-electron chi connectivity index (χ3n) is 5.75. The lowest BCUT2D eigenvalue weighted by molar-refractivity contribution is -0.385. The number of benzene rings is 2. The van der Waals surface area contributed by atoms with Gasteiger partial charge in [0.2, 0.25) is 0 Å². The number of non-ortho nitro benzene ring substituents is 2. The normalized spacial score (nSPS) is 10.9. The monoisotopic (exact) mass is 521 g/mol. The maximum absolute atomic E-state index is 11.4. The van der Waals surface area contributed by atoms with Crippen molar-refractivity contribution in [3.63, 3.8) is 0 Å². The Morgan fingerprint density at radius 2 is 1.32 bits per heavy atom. The number of phenols is 2. The first-order valence-electron chi connectivity index (χ1n) is 11.6. The molecule has 37 heavy (non-hydrogen) atoms. The number of phenolic OH excluding ortho intramolecular Hbond substituents is 2. The summed E-state index contributed by atoms with van der Waals surface area (Å²) in [7, 11) is 0. The molecular weight excluding hydrogens is 498 g/mol. The van der Waals surface area contributed by atoms with E-state index in [1.807, 2.05) is 11.4 Å². The fourth-order valence-corrected chi connectivity index (χ4v) is 4.71. The van der Waals surface area contributed by atoms with E-state index in [0.717, 1.165) is 66.8 Å². The Balaban J connectivity index is 1.90. The lowest BCUT2D eigenvalue weighted by Gasteiger charge is -2.10. The summed E-state index contributed by atoms with van der Waals surface area (Å²) in [6, 6.07) is 8.92. The third-order valence-corrected chi connectivity index (χ3v) is 6.70. The van der Waals surface area contributed by atoms with Gasteiger partial charge in [0, 0.05) is 24.3 Å². The lowest BCUT2D eigenvalue weighted by atomic mass is 10.1. The molecule has 0 amide bonds. The van der Waals surface area contributed by atoms with Crippen molar-refractivity contribution in [2.45, 2.75) is 39.0 Å². The highest BCUT2D eigenvalue weighted by Crippen LogP contribution is 2.37. The molecule has 0 saturated carbocycles. The Kier molecular flexibility index (Phi) is 7.68. The predicted octanol–water partition coefficient (Wildman–Crippen LogP) is 6.28. The zero-order chi connectivity index (χ0) is 26.5. The van der Waals surface area contributed by atoms with E-state index in [2.05, 4.69) is 21.9 Å². The van der Waals surface area contributed by atoms with E-state index >= 15 is 0 Å². The molecule has 0 spiro atoms. The molecule has 0 fully saturated rings. The van der Waals surface area contributed by atoms with E-state index in [-0.39, 0.29) is 51.5 Å². The van der Waals surface area contributed by atoms with Gasteiger partial charge >= 0.3 is 0 Å². The molecule has 4 rings (SSSR count). The molecule has 12 heteroatoms. The van der Waals surface area contributed by atoms with Crippen LogP contribution < -0.4 is 0 Å². The summed E-state index contributed by atoms with van der Waals surface area (Å²) in [5.74, 6) is -0.488. The Morgan fingerprint density at radius 1 is 0.784 bits per heavy atom. The number of nitro benzene ring substituents is 2. The van der Waals surface area contributed by atoms with Crippen LogP contribution >= 0.6 is 11.3 Å². The molecule has 2 N–H and O–H groups in total. The number of hydrogen-bond acceptors (Lipinski definition) is 10. The molecular formula is C25H23N5O6S. The highest BCUT2D eigenvalue weighted by atomic mass is 32.1. The number of nitro groups is 2. The minimum absolute atomic E-state index is 0.00919. The number of aromatic hydroxyl groups is 2. The second-order valence-corrected chi connectivity index (χ2v) is 9.23. The maximum atomic E-state index is 11.4. The van der Waals surface area contributed by atoms with Crippen LogP contribution in [0.1, 0.15) is 38.2 Å². The molecule has 0 aliphatic heterocycles. The summed E-state index contributed by atoms with van der Waals surface area (Å²) < 4.78 is 0. The van der Waals surface area contributed by atoms with Gasteiger partial charge in [-0.25, -0.2) is 15.0 Å². The van der Waals surface area contributed by atoms with Gasteiger partial charge in [0.25, 0.3) is 11.4 Å². The Hall–Kier alpha value is -4.45. The Bertz CT molecular complexity index is 1390. The smallest absolute Gasteiger partial charge is 0.270 e. The van der Waals surface area contributed by atoms with Crippen LogP contribution in [-0.2, 0) is 6.42 Å². The number of unbranched alkanes of at least 4 members (excludes halogenated alkanes) is 3. The quantitative estimate of drug-likeness (QED) is 0.139. The zero-order valence-corrected chi connectivity index (χ0v) is 20.6. The molecule has 0 aliphatic carbocycles. The second kappa shape index (κ2) is 11.1. The molecule has 0 aliphatic rings. The van der Waals surface area contributed by atoms with Crippen molar-refractivity contribution in [2.24, 2.45) is 0 Å². The molecule has 0 radical (unpaired) electrons. The fraction of sp³-hybridized carbons (Fsp3) is 0.240. The highest BCUT2D eigenvalue weighted by Gasteiger charge is 2.22. The van der Waals surface area contributed by atoms with Gasteiger partial charge in [0.1, 0.15) is 11.5 Å². The van der Waals surface area contributed by atoms with Crippen molar-refractivity contribution in [3.8, 4) is 45.0 Å². The van der Waals surface area contributed by atoms with Crippen molar-refractivity contribution in [2.75, 3.05) is 0 Å². The van der Waals surface area contributed by atoms with Crippen LogP contribution in [0.2, 0.25) is 0 Å². The van der Waals surface area contributed by atoms with Crippen LogP contribution in [-0.4, -0.2) is 35.0 Å². The lowest BCUT2D eigenvalue weighted by Crippen LogP contribution is -2.02. The largest absolute Gasteiger partial charge is 0.507 e. The van der Waals surface area contributed by atoms with E-state index in [4.69, 9.17) is 0 Å². The second-order valence-electron chi connectivity index (χ2n) is 8.31. The first-order chi connectivity index (χ1) is 17.8. The molecule has 0 unspecified atom stereocenters. The minimum Gasteiger partial charge on any atom is -0.507 e. The molecule has 0 atom stereocenters. The van der Waals surface area contributed by atoms with Crippen molar-refractivity contribution in [3.05, 3.63) is 73.6 Å². The fourth-order valence-electron chi connectivity index (χ4n) is 3.82. The van der Waals surface area contributed by atoms with E-state index < -0.39 is 9.85 Å². The molecule has 11 nitrogen and oxygen atoms in total. The number of hydrogen-bond donors (Lipinski definition) is 2. The van der Waals surface area contributed by atoms with E-state index in [1.54, 1.807) is 0 Å². The standard InChI is InChI=1S/C25H23N5O6S/c1-2-3-4-5-6-15-11-12-37-22(15)25-27-23(18-13-16(29(33)34)7-9-20(18)31)26-24(28-25)19-14-17(30(35)36)8-10-21(19)32/h7-14,31-32H,2-6H2,1H3. The first kappa shape index (κ1) is 25.6. The number of rotatable bonds is 10. The average Bonchev–Trinajstić information content (AvgIpc) is 3.35. The Morgan fingerprint density at radius 3 is 1.84 bits per heavy atom. The van der Waals surface area contributed by atoms with Gasteiger partial charge in [-0.15, -0.1) is 11.3 Å². The van der Waals surface area contributed by atoms with Crippen LogP contribution in [0.15, 0.2) is 47.8 Å². The van der Waals surface area contributed by atoms with Gasteiger partial charge in [-0.3, -0.25) is 20.2 Å². The van der Waals surface area contributed by atoms with Crippen LogP contribution in [0, 0.1) is 20.2 Å².